The lowest BCUT2D eigenvalue weighted by atomic mass is 10.1. The van der Waals surface area contributed by atoms with Crippen LogP contribution in [0.4, 0.5) is 0 Å². The average molecular weight is 342 g/mol. The Kier molecular flexibility index (Phi) is 5.09. The number of hydrogen-bond donors (Lipinski definition) is 2. The predicted octanol–water partition coefficient (Wildman–Crippen LogP) is 2.25. The number of carbonyl (C=O) groups is 1. The van der Waals surface area contributed by atoms with Gasteiger partial charge >= 0.3 is 0 Å². The van der Waals surface area contributed by atoms with Crippen LogP contribution in [0, 0.1) is 0 Å². The van der Waals surface area contributed by atoms with Gasteiger partial charge in [-0.3, -0.25) is 4.79 Å². The molecule has 1 aliphatic rings. The number of benzene rings is 2. The van der Waals surface area contributed by atoms with Gasteiger partial charge in [-0.25, -0.2) is 0 Å². The topological polar surface area (TPSA) is 68.8 Å². The second kappa shape index (κ2) is 7.44. The van der Waals surface area contributed by atoms with E-state index in [1.807, 2.05) is 6.07 Å². The zero-order valence-electron chi connectivity index (χ0n) is 14.6. The Morgan fingerprint density at radius 1 is 1.00 bits per heavy atom. The third-order valence-corrected chi connectivity index (χ3v) is 4.28. The van der Waals surface area contributed by atoms with Gasteiger partial charge in [-0.15, -0.1) is 0 Å². The van der Waals surface area contributed by atoms with Crippen LogP contribution in [-0.2, 0) is 19.6 Å². The fraction of sp³-hybridized carbons (Fsp3) is 0.316. The molecule has 2 N–H and O–H groups in total. The molecule has 0 fully saturated rings. The number of carbonyl (C=O) groups excluding carboxylic acids is 1. The van der Waals surface area contributed by atoms with Crippen molar-refractivity contribution in [1.82, 2.24) is 10.6 Å². The Bertz CT molecular complexity index is 764. The van der Waals surface area contributed by atoms with Gasteiger partial charge in [0, 0.05) is 25.2 Å². The van der Waals surface area contributed by atoms with Crippen LogP contribution >= 0.6 is 0 Å². The molecule has 3 rings (SSSR count). The molecule has 0 aromatic heterocycles. The second-order valence-electron chi connectivity index (χ2n) is 5.80. The molecule has 0 saturated carbocycles. The van der Waals surface area contributed by atoms with Crippen molar-refractivity contribution in [3.05, 3.63) is 52.6 Å². The first-order chi connectivity index (χ1) is 12.2. The maximum atomic E-state index is 12.5. The van der Waals surface area contributed by atoms with E-state index in [2.05, 4.69) is 22.8 Å². The second-order valence-corrected chi connectivity index (χ2v) is 5.80. The van der Waals surface area contributed by atoms with Crippen molar-refractivity contribution >= 4 is 5.91 Å². The van der Waals surface area contributed by atoms with Crippen molar-refractivity contribution in [3.8, 4) is 17.2 Å². The number of ether oxygens (including phenoxy) is 3. The minimum absolute atomic E-state index is 0.196. The quantitative estimate of drug-likeness (QED) is 0.843. The smallest absolute Gasteiger partial charge is 0.251 e. The maximum Gasteiger partial charge on any atom is 0.251 e. The van der Waals surface area contributed by atoms with E-state index in [4.69, 9.17) is 14.2 Å². The van der Waals surface area contributed by atoms with Crippen molar-refractivity contribution < 1.29 is 19.0 Å². The molecule has 1 amide bonds. The molecule has 1 heterocycles. The molecular weight excluding hydrogens is 320 g/mol. The lowest BCUT2D eigenvalue weighted by Crippen LogP contribution is -2.23. The van der Waals surface area contributed by atoms with Crippen molar-refractivity contribution in [2.24, 2.45) is 0 Å². The lowest BCUT2D eigenvalue weighted by molar-refractivity contribution is 0.0950. The van der Waals surface area contributed by atoms with E-state index in [-0.39, 0.29) is 5.91 Å². The van der Waals surface area contributed by atoms with Gasteiger partial charge in [0.05, 0.1) is 21.3 Å². The first-order valence-corrected chi connectivity index (χ1v) is 8.06. The Labute approximate surface area is 147 Å². The normalized spacial score (nSPS) is 12.4. The minimum atomic E-state index is -0.196. The van der Waals surface area contributed by atoms with Crippen LogP contribution in [0.25, 0.3) is 0 Å². The standard InChI is InChI=1S/C19H22N2O4/c1-23-16-7-14(8-17(24-2)18(16)25-3)19(22)21-9-12-4-5-13-10-20-11-15(13)6-12/h4-8,20H,9-11H2,1-3H3,(H,21,22). The largest absolute Gasteiger partial charge is 0.493 e. The van der Waals surface area contributed by atoms with Gasteiger partial charge in [0.2, 0.25) is 5.75 Å². The number of nitrogens with one attached hydrogen (secondary N) is 2. The van der Waals surface area contributed by atoms with Gasteiger partial charge in [0.25, 0.3) is 5.91 Å². The van der Waals surface area contributed by atoms with Crippen molar-refractivity contribution in [2.45, 2.75) is 19.6 Å². The Morgan fingerprint density at radius 2 is 1.68 bits per heavy atom. The fourth-order valence-corrected chi connectivity index (χ4v) is 2.95. The molecule has 25 heavy (non-hydrogen) atoms. The Balaban J connectivity index is 1.74. The van der Waals surface area contributed by atoms with Crippen LogP contribution in [0.5, 0.6) is 17.2 Å². The van der Waals surface area contributed by atoms with Crippen LogP contribution in [0.1, 0.15) is 27.0 Å². The van der Waals surface area contributed by atoms with Gasteiger partial charge < -0.3 is 24.8 Å². The van der Waals surface area contributed by atoms with E-state index in [9.17, 15) is 4.79 Å². The summed E-state index contributed by atoms with van der Waals surface area (Å²) in [7, 11) is 4.58. The summed E-state index contributed by atoms with van der Waals surface area (Å²) in [5.74, 6) is 1.18. The van der Waals surface area contributed by atoms with E-state index in [1.165, 1.54) is 32.5 Å². The number of rotatable bonds is 6. The van der Waals surface area contributed by atoms with Gasteiger partial charge in [0.15, 0.2) is 11.5 Å². The Hall–Kier alpha value is -2.73. The fourth-order valence-electron chi connectivity index (χ4n) is 2.95. The summed E-state index contributed by atoms with van der Waals surface area (Å²) in [6, 6.07) is 9.56. The van der Waals surface area contributed by atoms with Crippen molar-refractivity contribution in [1.29, 1.82) is 0 Å². The third kappa shape index (κ3) is 3.53. The first kappa shape index (κ1) is 17.1. The molecule has 1 aliphatic heterocycles. The third-order valence-electron chi connectivity index (χ3n) is 4.28. The van der Waals surface area contributed by atoms with Crippen molar-refractivity contribution in [3.63, 3.8) is 0 Å². The van der Waals surface area contributed by atoms with Crippen LogP contribution < -0.4 is 24.8 Å². The van der Waals surface area contributed by atoms with Crippen LogP contribution in [-0.4, -0.2) is 27.2 Å². The number of hydrogen-bond acceptors (Lipinski definition) is 5. The monoisotopic (exact) mass is 342 g/mol. The maximum absolute atomic E-state index is 12.5. The molecule has 0 spiro atoms. The highest BCUT2D eigenvalue weighted by Gasteiger charge is 2.17. The van der Waals surface area contributed by atoms with Gasteiger partial charge in [0.1, 0.15) is 0 Å². The highest BCUT2D eigenvalue weighted by molar-refractivity contribution is 5.95. The summed E-state index contributed by atoms with van der Waals surface area (Å²) in [6.07, 6.45) is 0. The van der Waals surface area contributed by atoms with Crippen LogP contribution in [0.3, 0.4) is 0 Å². The summed E-state index contributed by atoms with van der Waals surface area (Å²) in [5.41, 5.74) is 4.14. The number of methoxy groups -OCH3 is 3. The predicted molar refractivity (Wildman–Crippen MR) is 94.3 cm³/mol. The summed E-state index contributed by atoms with van der Waals surface area (Å²) >= 11 is 0. The Morgan fingerprint density at radius 3 is 2.32 bits per heavy atom. The molecule has 0 unspecified atom stereocenters. The molecule has 0 radical (unpaired) electrons. The highest BCUT2D eigenvalue weighted by Crippen LogP contribution is 2.38. The van der Waals surface area contributed by atoms with E-state index in [1.54, 1.807) is 12.1 Å². The lowest BCUT2D eigenvalue weighted by Gasteiger charge is -2.14. The van der Waals surface area contributed by atoms with Gasteiger partial charge in [-0.1, -0.05) is 18.2 Å². The summed E-state index contributed by atoms with van der Waals surface area (Å²) < 4.78 is 15.9. The average Bonchev–Trinajstić information content (AvgIpc) is 3.12. The molecule has 0 saturated heterocycles. The number of fused-ring (bicyclic) bond motifs is 1. The molecule has 6 heteroatoms. The van der Waals surface area contributed by atoms with Gasteiger partial charge in [-0.05, 0) is 28.8 Å². The van der Waals surface area contributed by atoms with E-state index >= 15 is 0 Å². The molecule has 0 bridgehead atoms. The zero-order valence-corrected chi connectivity index (χ0v) is 14.6. The summed E-state index contributed by atoms with van der Waals surface area (Å²) in [6.45, 7) is 2.25. The molecule has 0 aliphatic carbocycles. The van der Waals surface area contributed by atoms with E-state index in [0.717, 1.165) is 18.7 Å². The number of amides is 1. The SMILES string of the molecule is COc1cc(C(=O)NCc2ccc3c(c2)CNC3)cc(OC)c1OC. The van der Waals surface area contributed by atoms with Crippen molar-refractivity contribution in [2.75, 3.05) is 21.3 Å². The molecule has 2 aromatic rings. The molecule has 0 atom stereocenters. The van der Waals surface area contributed by atoms with Gasteiger partial charge in [-0.2, -0.15) is 0 Å². The van der Waals surface area contributed by atoms with Crippen LogP contribution in [0.15, 0.2) is 30.3 Å². The van der Waals surface area contributed by atoms with Crippen LogP contribution in [0.2, 0.25) is 0 Å². The molecule has 6 nitrogen and oxygen atoms in total. The van der Waals surface area contributed by atoms with E-state index < -0.39 is 0 Å². The summed E-state index contributed by atoms with van der Waals surface area (Å²) in [5, 5.41) is 6.25. The molecule has 132 valence electrons. The minimum Gasteiger partial charge on any atom is -0.493 e. The molecular formula is C19H22N2O4. The zero-order chi connectivity index (χ0) is 17.8. The highest BCUT2D eigenvalue weighted by atomic mass is 16.5. The summed E-state index contributed by atoms with van der Waals surface area (Å²) in [4.78, 5) is 12.5. The first-order valence-electron chi connectivity index (χ1n) is 8.06. The van der Waals surface area contributed by atoms with E-state index in [0.29, 0.717) is 29.4 Å². The molecule has 2 aromatic carbocycles.